The van der Waals surface area contributed by atoms with E-state index >= 15 is 0 Å². The molecule has 0 radical (unpaired) electrons. The number of hydrogen-bond donors (Lipinski definition) is 2. The molecule has 8 nitrogen and oxygen atoms in total. The Morgan fingerprint density at radius 3 is 2.10 bits per heavy atom. The highest BCUT2D eigenvalue weighted by Gasteiger charge is 2.49. The zero-order valence-electron chi connectivity index (χ0n) is 20.0. The lowest BCUT2D eigenvalue weighted by Crippen LogP contribution is -2.49. The minimum Gasteiger partial charge on any atom is -0.414 e. The van der Waals surface area contributed by atoms with Gasteiger partial charge < -0.3 is 24.4 Å². The molecular formula is C21H41N3O5Si2. The summed E-state index contributed by atoms with van der Waals surface area (Å²) in [7, 11) is -3.87. The maximum Gasteiger partial charge on any atom is 0.351 e. The molecular weight excluding hydrogens is 430 g/mol. The normalized spacial score (nSPS) is 24.6. The van der Waals surface area contributed by atoms with Crippen molar-refractivity contribution in [3.63, 3.8) is 0 Å². The molecule has 2 rings (SSSR count). The lowest BCUT2D eigenvalue weighted by Gasteiger charge is -2.36. The third-order valence-corrected chi connectivity index (χ3v) is 16.5. The molecule has 0 saturated carbocycles. The number of ether oxygens (including phenoxy) is 1. The number of aliphatic hydroxyl groups excluding tert-OH is 1. The highest BCUT2D eigenvalue weighted by molar-refractivity contribution is 6.74. The van der Waals surface area contributed by atoms with Gasteiger partial charge in [0.25, 0.3) is 0 Å². The number of hydrogen-bond acceptors (Lipinski definition) is 7. The first-order valence-electron chi connectivity index (χ1n) is 11.7. The molecule has 1 aromatic rings. The van der Waals surface area contributed by atoms with Crippen molar-refractivity contribution in [3.8, 4) is 0 Å². The molecule has 4 atom stereocenters. The summed E-state index contributed by atoms with van der Waals surface area (Å²) in [5.41, 5.74) is 5.08. The summed E-state index contributed by atoms with van der Waals surface area (Å²) in [4.78, 5) is 16.2. The second-order valence-electron chi connectivity index (χ2n) is 8.48. The Morgan fingerprint density at radius 2 is 1.61 bits per heavy atom. The summed E-state index contributed by atoms with van der Waals surface area (Å²) < 4.78 is 20.7. The quantitative estimate of drug-likeness (QED) is 0.449. The van der Waals surface area contributed by atoms with E-state index in [9.17, 15) is 9.90 Å². The van der Waals surface area contributed by atoms with Crippen molar-refractivity contribution in [1.82, 2.24) is 9.55 Å². The van der Waals surface area contributed by atoms with Crippen molar-refractivity contribution < 1.29 is 18.7 Å². The van der Waals surface area contributed by atoms with Crippen LogP contribution in [0.4, 0.5) is 5.82 Å². The van der Waals surface area contributed by atoms with Crippen LogP contribution in [0.5, 0.6) is 0 Å². The first-order valence-corrected chi connectivity index (χ1v) is 16.8. The van der Waals surface area contributed by atoms with Gasteiger partial charge in [-0.3, -0.25) is 4.57 Å². The van der Waals surface area contributed by atoms with E-state index in [-0.39, 0.29) is 5.82 Å². The molecule has 0 aliphatic carbocycles. The van der Waals surface area contributed by atoms with Crippen molar-refractivity contribution in [3.05, 3.63) is 22.7 Å². The van der Waals surface area contributed by atoms with Crippen LogP contribution in [-0.4, -0.2) is 56.2 Å². The van der Waals surface area contributed by atoms with Crippen LogP contribution in [0.3, 0.4) is 0 Å². The number of nitrogen functional groups attached to an aromatic ring is 1. The number of nitrogens with zero attached hydrogens (tertiary/aromatic N) is 2. The summed E-state index contributed by atoms with van der Waals surface area (Å²) in [6.45, 7) is 13.4. The van der Waals surface area contributed by atoms with Crippen molar-refractivity contribution in [1.29, 1.82) is 0 Å². The molecule has 0 aromatic carbocycles. The van der Waals surface area contributed by atoms with E-state index in [1.807, 2.05) is 0 Å². The number of aromatic nitrogens is 2. The van der Waals surface area contributed by atoms with Crippen molar-refractivity contribution >= 4 is 22.5 Å². The Morgan fingerprint density at radius 1 is 1.06 bits per heavy atom. The lowest BCUT2D eigenvalue weighted by molar-refractivity contribution is -0.0525. The molecule has 1 fully saturated rings. The number of aliphatic hydroxyl groups is 1. The van der Waals surface area contributed by atoms with Crippen LogP contribution in [0.25, 0.3) is 0 Å². The zero-order valence-corrected chi connectivity index (χ0v) is 22.0. The van der Waals surface area contributed by atoms with Gasteiger partial charge in [0.05, 0.1) is 6.61 Å². The minimum absolute atomic E-state index is 0.139. The zero-order chi connectivity index (χ0) is 23.2. The van der Waals surface area contributed by atoms with Gasteiger partial charge in [-0.05, 0) is 42.3 Å². The number of rotatable bonds is 12. The fourth-order valence-corrected chi connectivity index (χ4v) is 9.95. The van der Waals surface area contributed by atoms with E-state index in [4.69, 9.17) is 19.3 Å². The third-order valence-electron chi connectivity index (χ3n) is 7.24. The standard InChI is InChI=1S/C21H41N3O5Si2/c1-7-30(8-2,9-3)27-15-16-19(29-31(10-4,11-5)12-6)18(25)20(28-16)24-14-13-17(22)23-21(24)26/h13-14,16,18-20,25H,7-12,15H2,1-6H3,(H2,22,23,26). The van der Waals surface area contributed by atoms with Crippen LogP contribution in [0.15, 0.2) is 17.1 Å². The van der Waals surface area contributed by atoms with Gasteiger partial charge in [-0.15, -0.1) is 0 Å². The van der Waals surface area contributed by atoms with E-state index < -0.39 is 46.9 Å². The van der Waals surface area contributed by atoms with E-state index in [2.05, 4.69) is 46.5 Å². The Bertz CT molecular complexity index is 738. The summed E-state index contributed by atoms with van der Waals surface area (Å²) in [5, 5.41) is 11.2. The monoisotopic (exact) mass is 471 g/mol. The third kappa shape index (κ3) is 5.66. The maximum absolute atomic E-state index is 12.4. The van der Waals surface area contributed by atoms with Crippen molar-refractivity contribution in [2.24, 2.45) is 0 Å². The Hall–Kier alpha value is -1.05. The minimum atomic E-state index is -2.03. The summed E-state index contributed by atoms with van der Waals surface area (Å²) in [6, 6.07) is 7.51. The van der Waals surface area contributed by atoms with Gasteiger partial charge in [-0.1, -0.05) is 41.5 Å². The van der Waals surface area contributed by atoms with Crippen molar-refractivity contribution in [2.75, 3.05) is 12.3 Å². The fourth-order valence-electron chi connectivity index (χ4n) is 4.45. The Labute approximate surface area is 188 Å². The first kappa shape index (κ1) is 26.2. The molecule has 4 unspecified atom stereocenters. The summed E-state index contributed by atoms with van der Waals surface area (Å²) in [5.74, 6) is 0.139. The molecule has 178 valence electrons. The molecule has 1 aromatic heterocycles. The van der Waals surface area contributed by atoms with E-state index in [1.54, 1.807) is 0 Å². The van der Waals surface area contributed by atoms with E-state index in [0.29, 0.717) is 6.61 Å². The van der Waals surface area contributed by atoms with Gasteiger partial charge in [0, 0.05) is 6.20 Å². The average molecular weight is 472 g/mol. The van der Waals surface area contributed by atoms with Gasteiger partial charge >= 0.3 is 5.69 Å². The number of nitrogens with two attached hydrogens (primary N) is 1. The van der Waals surface area contributed by atoms with Crippen LogP contribution in [0.1, 0.15) is 47.8 Å². The topological polar surface area (TPSA) is 109 Å². The predicted octanol–water partition coefficient (Wildman–Crippen LogP) is 3.50. The van der Waals surface area contributed by atoms with Crippen LogP contribution in [-0.2, 0) is 13.6 Å². The highest BCUT2D eigenvalue weighted by atomic mass is 28.4. The second kappa shape index (κ2) is 11.2. The molecule has 0 spiro atoms. The van der Waals surface area contributed by atoms with Crippen LogP contribution >= 0.6 is 0 Å². The predicted molar refractivity (Wildman–Crippen MR) is 128 cm³/mol. The van der Waals surface area contributed by atoms with Gasteiger partial charge in [0.2, 0.25) is 0 Å². The highest BCUT2D eigenvalue weighted by Crippen LogP contribution is 2.36. The lowest BCUT2D eigenvalue weighted by atomic mass is 10.1. The molecule has 0 bridgehead atoms. The Kier molecular flexibility index (Phi) is 9.47. The van der Waals surface area contributed by atoms with E-state index in [0.717, 1.165) is 36.3 Å². The van der Waals surface area contributed by atoms with Crippen LogP contribution in [0.2, 0.25) is 36.3 Å². The van der Waals surface area contributed by atoms with Crippen LogP contribution < -0.4 is 11.4 Å². The van der Waals surface area contributed by atoms with Crippen LogP contribution in [0, 0.1) is 0 Å². The average Bonchev–Trinajstić information content (AvgIpc) is 3.08. The summed E-state index contributed by atoms with van der Waals surface area (Å²) in [6.07, 6.45) is -1.34. The molecule has 1 aliphatic heterocycles. The van der Waals surface area contributed by atoms with Gasteiger partial charge in [0.1, 0.15) is 24.1 Å². The largest absolute Gasteiger partial charge is 0.414 e. The van der Waals surface area contributed by atoms with Gasteiger partial charge in [-0.25, -0.2) is 4.79 Å². The van der Waals surface area contributed by atoms with Gasteiger partial charge in [-0.2, -0.15) is 4.98 Å². The fraction of sp³-hybridized carbons (Fsp3) is 0.810. The first-order chi connectivity index (χ1) is 14.7. The number of anilines is 1. The van der Waals surface area contributed by atoms with Gasteiger partial charge in [0.15, 0.2) is 22.9 Å². The smallest absolute Gasteiger partial charge is 0.351 e. The SMILES string of the molecule is CC[Si](CC)(CC)OCC1OC(n2ccc(N)nc2=O)C(O)C1O[Si](CC)(CC)CC. The molecule has 1 saturated heterocycles. The molecule has 3 N–H and O–H groups in total. The van der Waals surface area contributed by atoms with Crippen molar-refractivity contribution in [2.45, 2.75) is 102 Å². The molecule has 31 heavy (non-hydrogen) atoms. The molecule has 2 heterocycles. The van der Waals surface area contributed by atoms with E-state index in [1.165, 1.54) is 16.8 Å². The summed E-state index contributed by atoms with van der Waals surface area (Å²) >= 11 is 0. The second-order valence-corrected chi connectivity index (χ2v) is 18.0. The Balaban J connectivity index is 2.35. The maximum atomic E-state index is 12.4. The molecule has 10 heteroatoms. The molecule has 0 amide bonds. The molecule has 1 aliphatic rings.